The third-order valence-corrected chi connectivity index (χ3v) is 9.64. The van der Waals surface area contributed by atoms with Crippen LogP contribution in [0.3, 0.4) is 0 Å². The highest BCUT2D eigenvalue weighted by molar-refractivity contribution is 7.89. The molecule has 1 aromatic heterocycles. The SMILES string of the molecule is COC(=O)NC(=O)c1c(NC(=O)C2CCCN2S(=O)(=O)c2ccc(OC)cc2)sc2c1CCC(C)C2. The molecular formula is C24H29N3O7S2. The molecular weight excluding hydrogens is 506 g/mol. The van der Waals surface area contributed by atoms with Gasteiger partial charge in [0.05, 0.1) is 24.7 Å². The Hall–Kier alpha value is -2.96. The highest BCUT2D eigenvalue weighted by Gasteiger charge is 2.40. The molecule has 1 saturated heterocycles. The molecule has 0 spiro atoms. The summed E-state index contributed by atoms with van der Waals surface area (Å²) in [6.45, 7) is 2.33. The first kappa shape index (κ1) is 26.1. The van der Waals surface area contributed by atoms with Gasteiger partial charge in [-0.3, -0.25) is 14.9 Å². The van der Waals surface area contributed by atoms with Crippen molar-refractivity contribution in [1.82, 2.24) is 9.62 Å². The first-order valence-electron chi connectivity index (χ1n) is 11.7. The van der Waals surface area contributed by atoms with E-state index < -0.39 is 34.0 Å². The van der Waals surface area contributed by atoms with Crippen molar-refractivity contribution >= 4 is 44.3 Å². The van der Waals surface area contributed by atoms with Crippen LogP contribution in [-0.4, -0.2) is 57.4 Å². The number of nitrogens with one attached hydrogen (secondary N) is 2. The van der Waals surface area contributed by atoms with Crippen molar-refractivity contribution in [3.05, 3.63) is 40.3 Å². The summed E-state index contributed by atoms with van der Waals surface area (Å²) in [5, 5.41) is 5.30. The van der Waals surface area contributed by atoms with Crippen molar-refractivity contribution in [3.8, 4) is 5.75 Å². The topological polar surface area (TPSA) is 131 Å². The van der Waals surface area contributed by atoms with Gasteiger partial charge >= 0.3 is 6.09 Å². The summed E-state index contributed by atoms with van der Waals surface area (Å²) in [5.41, 5.74) is 1.05. The highest BCUT2D eigenvalue weighted by atomic mass is 32.2. The first-order valence-corrected chi connectivity index (χ1v) is 13.9. The molecule has 2 atom stereocenters. The Labute approximate surface area is 214 Å². The number of sulfonamides is 1. The van der Waals surface area contributed by atoms with Crippen molar-refractivity contribution in [3.63, 3.8) is 0 Å². The Morgan fingerprint density at radius 3 is 2.50 bits per heavy atom. The van der Waals surface area contributed by atoms with Gasteiger partial charge in [-0.1, -0.05) is 6.92 Å². The number of ether oxygens (including phenoxy) is 2. The Morgan fingerprint density at radius 2 is 1.83 bits per heavy atom. The van der Waals surface area contributed by atoms with Gasteiger partial charge in [0.2, 0.25) is 15.9 Å². The molecule has 2 heterocycles. The van der Waals surface area contributed by atoms with Gasteiger partial charge in [0, 0.05) is 11.4 Å². The van der Waals surface area contributed by atoms with Crippen LogP contribution >= 0.6 is 11.3 Å². The van der Waals surface area contributed by atoms with E-state index in [9.17, 15) is 22.8 Å². The fourth-order valence-electron chi connectivity index (χ4n) is 4.65. The fraction of sp³-hybridized carbons (Fsp3) is 0.458. The monoisotopic (exact) mass is 535 g/mol. The quantitative estimate of drug-likeness (QED) is 0.581. The maximum Gasteiger partial charge on any atom is 0.413 e. The van der Waals surface area contributed by atoms with Gasteiger partial charge in [-0.05, 0) is 67.9 Å². The number of hydrogen-bond donors (Lipinski definition) is 2. The largest absolute Gasteiger partial charge is 0.497 e. The molecule has 1 aliphatic heterocycles. The molecule has 36 heavy (non-hydrogen) atoms. The van der Waals surface area contributed by atoms with E-state index in [4.69, 9.17) is 4.74 Å². The average Bonchev–Trinajstić information content (AvgIpc) is 3.49. The van der Waals surface area contributed by atoms with Crippen LogP contribution in [0.25, 0.3) is 0 Å². The number of imide groups is 1. The van der Waals surface area contributed by atoms with Crippen molar-refractivity contribution in [2.45, 2.75) is 50.0 Å². The number of fused-ring (bicyclic) bond motifs is 1. The molecule has 0 saturated carbocycles. The minimum Gasteiger partial charge on any atom is -0.497 e. The Bertz CT molecular complexity index is 1270. The number of thiophene rings is 1. The molecule has 2 unspecified atom stereocenters. The summed E-state index contributed by atoms with van der Waals surface area (Å²) in [5.74, 6) is -0.212. The van der Waals surface area contributed by atoms with Gasteiger partial charge in [0.15, 0.2) is 0 Å². The number of amides is 3. The smallest absolute Gasteiger partial charge is 0.413 e. The lowest BCUT2D eigenvalue weighted by molar-refractivity contribution is -0.119. The molecule has 1 aliphatic carbocycles. The molecule has 2 aliphatic rings. The molecule has 0 bridgehead atoms. The molecule has 2 N–H and O–H groups in total. The lowest BCUT2D eigenvalue weighted by atomic mass is 9.88. The maximum atomic E-state index is 13.4. The maximum absolute atomic E-state index is 13.4. The minimum atomic E-state index is -3.93. The molecule has 0 radical (unpaired) electrons. The number of anilines is 1. The van der Waals surface area contributed by atoms with Crippen molar-refractivity contribution in [1.29, 1.82) is 0 Å². The average molecular weight is 536 g/mol. The number of rotatable bonds is 6. The Balaban J connectivity index is 1.61. The van der Waals surface area contributed by atoms with Crippen molar-refractivity contribution < 1.29 is 32.3 Å². The number of carbonyl (C=O) groups excluding carboxylic acids is 3. The predicted octanol–water partition coefficient (Wildman–Crippen LogP) is 3.17. The number of hydrogen-bond acceptors (Lipinski definition) is 8. The summed E-state index contributed by atoms with van der Waals surface area (Å²) in [6, 6.07) is 5.09. The van der Waals surface area contributed by atoms with Gasteiger partial charge in [0.25, 0.3) is 5.91 Å². The lowest BCUT2D eigenvalue weighted by Gasteiger charge is -2.23. The number of carbonyl (C=O) groups is 3. The van der Waals surface area contributed by atoms with Gasteiger partial charge in [0.1, 0.15) is 16.8 Å². The highest BCUT2D eigenvalue weighted by Crippen LogP contribution is 2.40. The normalized spacial score (nSPS) is 19.9. The molecule has 12 heteroatoms. The van der Waals surface area contributed by atoms with E-state index in [1.807, 2.05) is 0 Å². The van der Waals surface area contributed by atoms with E-state index in [0.717, 1.165) is 30.4 Å². The van der Waals surface area contributed by atoms with Crippen LogP contribution in [0.4, 0.5) is 9.80 Å². The second-order valence-electron chi connectivity index (χ2n) is 8.94. The van der Waals surface area contributed by atoms with E-state index in [0.29, 0.717) is 35.9 Å². The molecule has 3 amide bonds. The van der Waals surface area contributed by atoms with Gasteiger partial charge in [-0.2, -0.15) is 4.31 Å². The van der Waals surface area contributed by atoms with Gasteiger partial charge in [-0.15, -0.1) is 11.3 Å². The van der Waals surface area contributed by atoms with Crippen LogP contribution in [0, 0.1) is 5.92 Å². The van der Waals surface area contributed by atoms with Crippen LogP contribution in [0.15, 0.2) is 29.2 Å². The number of alkyl carbamates (subject to hydrolysis) is 1. The van der Waals surface area contributed by atoms with E-state index >= 15 is 0 Å². The second kappa shape index (κ2) is 10.6. The summed E-state index contributed by atoms with van der Waals surface area (Å²) >= 11 is 1.30. The number of benzene rings is 1. The zero-order chi connectivity index (χ0) is 26.0. The summed E-state index contributed by atoms with van der Waals surface area (Å²) in [7, 11) is -1.27. The van der Waals surface area contributed by atoms with Crippen molar-refractivity contribution in [2.24, 2.45) is 5.92 Å². The van der Waals surface area contributed by atoms with E-state index in [-0.39, 0.29) is 17.0 Å². The van der Waals surface area contributed by atoms with E-state index in [2.05, 4.69) is 22.3 Å². The second-order valence-corrected chi connectivity index (χ2v) is 11.9. The summed E-state index contributed by atoms with van der Waals surface area (Å²) < 4.78 is 37.5. The van der Waals surface area contributed by atoms with Crippen molar-refractivity contribution in [2.75, 3.05) is 26.1 Å². The molecule has 1 aromatic carbocycles. The van der Waals surface area contributed by atoms with Crippen LogP contribution in [-0.2, 0) is 32.4 Å². The molecule has 2 aromatic rings. The molecule has 4 rings (SSSR count). The van der Waals surface area contributed by atoms with Crippen LogP contribution in [0.5, 0.6) is 5.75 Å². The van der Waals surface area contributed by atoms with E-state index in [1.165, 1.54) is 34.9 Å². The number of methoxy groups -OCH3 is 2. The zero-order valence-electron chi connectivity index (χ0n) is 20.3. The van der Waals surface area contributed by atoms with Crippen LogP contribution < -0.4 is 15.4 Å². The summed E-state index contributed by atoms with van der Waals surface area (Å²) in [4.78, 5) is 39.1. The number of nitrogens with zero attached hydrogens (tertiary/aromatic N) is 1. The standard InChI is InChI=1S/C24H29N3O7S2/c1-14-6-11-17-19(13-14)35-23(20(17)22(29)26-24(30)34-3)25-21(28)18-5-4-12-27(18)36(31,32)16-9-7-15(33-2)8-10-16/h7-10,14,18H,4-6,11-13H2,1-3H3,(H,25,28)(H,26,29,30). The first-order chi connectivity index (χ1) is 17.1. The molecule has 1 fully saturated rings. The Morgan fingerprint density at radius 1 is 1.11 bits per heavy atom. The van der Waals surface area contributed by atoms with Gasteiger partial charge in [-0.25, -0.2) is 13.2 Å². The zero-order valence-corrected chi connectivity index (χ0v) is 22.0. The third kappa shape index (κ3) is 5.11. The van der Waals surface area contributed by atoms with Crippen LogP contribution in [0.1, 0.15) is 47.0 Å². The minimum absolute atomic E-state index is 0.0710. The third-order valence-electron chi connectivity index (χ3n) is 6.55. The Kier molecular flexibility index (Phi) is 7.67. The summed E-state index contributed by atoms with van der Waals surface area (Å²) in [6.07, 6.45) is 2.28. The molecule has 194 valence electrons. The predicted molar refractivity (Wildman–Crippen MR) is 134 cm³/mol. The molecule has 10 nitrogen and oxygen atoms in total. The van der Waals surface area contributed by atoms with Crippen LogP contribution in [0.2, 0.25) is 0 Å². The van der Waals surface area contributed by atoms with E-state index in [1.54, 1.807) is 12.1 Å². The van der Waals surface area contributed by atoms with Gasteiger partial charge < -0.3 is 14.8 Å². The lowest BCUT2D eigenvalue weighted by Crippen LogP contribution is -2.43. The fourth-order valence-corrected chi connectivity index (χ4v) is 7.72.